The summed E-state index contributed by atoms with van der Waals surface area (Å²) in [5.41, 5.74) is 1.28. The van der Waals surface area contributed by atoms with Crippen LogP contribution in [-0.2, 0) is 4.79 Å². The van der Waals surface area contributed by atoms with E-state index >= 15 is 0 Å². The van der Waals surface area contributed by atoms with Crippen molar-refractivity contribution in [2.75, 3.05) is 12.0 Å². The highest BCUT2D eigenvalue weighted by Gasteiger charge is 2.22. The minimum atomic E-state index is 0.210. The highest BCUT2D eigenvalue weighted by molar-refractivity contribution is 7.99. The number of carbonyl (C=O) groups excluding carboxylic acids is 1. The maximum atomic E-state index is 12.0. The molecule has 21 heavy (non-hydrogen) atoms. The quantitative estimate of drug-likeness (QED) is 0.793. The third-order valence-corrected chi connectivity index (χ3v) is 6.05. The minimum Gasteiger partial charge on any atom is -0.353 e. The number of hydrogen-bond donors (Lipinski definition) is 1. The Kier molecular flexibility index (Phi) is 6.97. The van der Waals surface area contributed by atoms with Gasteiger partial charge in [-0.05, 0) is 44.6 Å². The molecule has 0 aromatic heterocycles. The molecule has 1 fully saturated rings. The average molecular weight is 324 g/mol. The molecule has 2 rings (SSSR count). The van der Waals surface area contributed by atoms with Crippen LogP contribution in [0.3, 0.4) is 0 Å². The summed E-state index contributed by atoms with van der Waals surface area (Å²) >= 11 is 3.70. The highest BCUT2D eigenvalue weighted by Crippen LogP contribution is 2.27. The summed E-state index contributed by atoms with van der Waals surface area (Å²) in [5.74, 6) is 1.06. The van der Waals surface area contributed by atoms with Crippen molar-refractivity contribution in [1.82, 2.24) is 5.32 Å². The second-order valence-electron chi connectivity index (χ2n) is 5.70. The molecular formula is C17H25NOS2. The molecule has 0 saturated heterocycles. The predicted molar refractivity (Wildman–Crippen MR) is 94.2 cm³/mol. The van der Waals surface area contributed by atoms with Crippen LogP contribution in [0.1, 0.15) is 37.7 Å². The smallest absolute Gasteiger partial charge is 0.221 e. The lowest BCUT2D eigenvalue weighted by molar-refractivity contribution is -0.121. The first-order chi connectivity index (χ1) is 10.2. The number of hydrogen-bond acceptors (Lipinski definition) is 3. The maximum absolute atomic E-state index is 12.0. The summed E-state index contributed by atoms with van der Waals surface area (Å²) in [7, 11) is 0. The molecule has 0 aliphatic heterocycles. The Morgan fingerprint density at radius 2 is 2.05 bits per heavy atom. The van der Waals surface area contributed by atoms with Gasteiger partial charge in [-0.2, -0.15) is 11.8 Å². The molecule has 1 saturated carbocycles. The van der Waals surface area contributed by atoms with Crippen molar-refractivity contribution in [3.8, 4) is 0 Å². The summed E-state index contributed by atoms with van der Waals surface area (Å²) in [6, 6.07) is 8.89. The molecule has 0 heterocycles. The normalized spacial score (nSPS) is 22.0. The Labute approximate surface area is 136 Å². The standard InChI is InChI=1S/C17H25NOS2/c1-13-6-8-15(9-7-13)21-11-10-17(19)18-14-4-3-5-16(12-14)20-2/h6-9,14,16H,3-5,10-12H2,1-2H3,(H,18,19). The van der Waals surface area contributed by atoms with Crippen LogP contribution >= 0.6 is 23.5 Å². The second kappa shape index (κ2) is 8.74. The van der Waals surface area contributed by atoms with E-state index in [1.807, 2.05) is 11.8 Å². The summed E-state index contributed by atoms with van der Waals surface area (Å²) in [4.78, 5) is 13.3. The third-order valence-electron chi connectivity index (χ3n) is 3.94. The van der Waals surface area contributed by atoms with Crippen molar-refractivity contribution >= 4 is 29.4 Å². The van der Waals surface area contributed by atoms with E-state index in [1.165, 1.54) is 23.3 Å². The molecule has 0 spiro atoms. The molecule has 2 unspecified atom stereocenters. The zero-order chi connectivity index (χ0) is 15.1. The zero-order valence-corrected chi connectivity index (χ0v) is 14.6. The van der Waals surface area contributed by atoms with Gasteiger partial charge < -0.3 is 5.32 Å². The fourth-order valence-electron chi connectivity index (χ4n) is 2.69. The van der Waals surface area contributed by atoms with Gasteiger partial charge in [-0.25, -0.2) is 0 Å². The van der Waals surface area contributed by atoms with Crippen LogP contribution < -0.4 is 5.32 Å². The summed E-state index contributed by atoms with van der Waals surface area (Å²) in [5, 5.41) is 3.94. The van der Waals surface area contributed by atoms with Crippen molar-refractivity contribution in [2.45, 2.75) is 55.2 Å². The monoisotopic (exact) mass is 323 g/mol. The van der Waals surface area contributed by atoms with E-state index in [1.54, 1.807) is 11.8 Å². The van der Waals surface area contributed by atoms with E-state index in [0.29, 0.717) is 12.5 Å². The lowest BCUT2D eigenvalue weighted by atomic mass is 9.95. The Morgan fingerprint density at radius 3 is 2.76 bits per heavy atom. The summed E-state index contributed by atoms with van der Waals surface area (Å²) in [6.07, 6.45) is 7.61. The third kappa shape index (κ3) is 5.95. The SMILES string of the molecule is CSC1CCCC(NC(=O)CCSc2ccc(C)cc2)C1. The largest absolute Gasteiger partial charge is 0.353 e. The van der Waals surface area contributed by atoms with E-state index in [2.05, 4.69) is 42.8 Å². The molecule has 2 atom stereocenters. The minimum absolute atomic E-state index is 0.210. The van der Waals surface area contributed by atoms with Gasteiger partial charge in [0.15, 0.2) is 0 Å². The van der Waals surface area contributed by atoms with Crippen molar-refractivity contribution < 1.29 is 4.79 Å². The zero-order valence-electron chi connectivity index (χ0n) is 12.9. The number of rotatable bonds is 6. The lowest BCUT2D eigenvalue weighted by Crippen LogP contribution is -2.39. The number of thioether (sulfide) groups is 2. The van der Waals surface area contributed by atoms with Crippen LogP contribution in [0.4, 0.5) is 0 Å². The predicted octanol–water partition coefficient (Wildman–Crippen LogP) is 4.27. The maximum Gasteiger partial charge on any atom is 0.221 e. The summed E-state index contributed by atoms with van der Waals surface area (Å²) in [6.45, 7) is 2.09. The first-order valence-corrected chi connectivity index (χ1v) is 9.96. The van der Waals surface area contributed by atoms with Gasteiger partial charge in [-0.15, -0.1) is 11.8 Å². The van der Waals surface area contributed by atoms with Crippen LogP contribution in [0.5, 0.6) is 0 Å². The Bertz CT molecular complexity index is 447. The van der Waals surface area contributed by atoms with E-state index in [-0.39, 0.29) is 5.91 Å². The molecule has 1 aromatic rings. The molecule has 1 aliphatic carbocycles. The lowest BCUT2D eigenvalue weighted by Gasteiger charge is -2.28. The number of nitrogens with one attached hydrogen (secondary N) is 1. The van der Waals surface area contributed by atoms with Crippen LogP contribution in [0, 0.1) is 6.92 Å². The molecule has 0 radical (unpaired) electrons. The molecule has 1 amide bonds. The van der Waals surface area contributed by atoms with E-state index in [4.69, 9.17) is 0 Å². The highest BCUT2D eigenvalue weighted by atomic mass is 32.2. The molecule has 116 valence electrons. The summed E-state index contributed by atoms with van der Waals surface area (Å²) < 4.78 is 0. The topological polar surface area (TPSA) is 29.1 Å². The fraction of sp³-hybridized carbons (Fsp3) is 0.588. The molecule has 0 bridgehead atoms. The van der Waals surface area contributed by atoms with Gasteiger partial charge in [0, 0.05) is 28.4 Å². The number of benzene rings is 1. The van der Waals surface area contributed by atoms with Crippen LogP contribution in [-0.4, -0.2) is 29.2 Å². The molecule has 4 heteroatoms. The first kappa shape index (κ1) is 16.8. The van der Waals surface area contributed by atoms with Crippen molar-refractivity contribution in [3.63, 3.8) is 0 Å². The Hall–Kier alpha value is -0.610. The first-order valence-electron chi connectivity index (χ1n) is 7.69. The van der Waals surface area contributed by atoms with Gasteiger partial charge in [-0.1, -0.05) is 24.1 Å². The van der Waals surface area contributed by atoms with Gasteiger partial charge >= 0.3 is 0 Å². The molecule has 1 aliphatic rings. The Morgan fingerprint density at radius 1 is 1.29 bits per heavy atom. The van der Waals surface area contributed by atoms with E-state index in [0.717, 1.165) is 23.8 Å². The van der Waals surface area contributed by atoms with Gasteiger partial charge in [-0.3, -0.25) is 4.79 Å². The van der Waals surface area contributed by atoms with Crippen molar-refractivity contribution in [2.24, 2.45) is 0 Å². The van der Waals surface area contributed by atoms with E-state index < -0.39 is 0 Å². The second-order valence-corrected chi connectivity index (χ2v) is 8.01. The van der Waals surface area contributed by atoms with Crippen LogP contribution in [0.15, 0.2) is 29.2 Å². The molecule has 1 N–H and O–H groups in total. The fourth-order valence-corrected chi connectivity index (χ4v) is 4.36. The number of aryl methyl sites for hydroxylation is 1. The number of amides is 1. The van der Waals surface area contributed by atoms with Crippen molar-refractivity contribution in [3.05, 3.63) is 29.8 Å². The molecule has 2 nitrogen and oxygen atoms in total. The molecule has 1 aromatic carbocycles. The molecular weight excluding hydrogens is 298 g/mol. The van der Waals surface area contributed by atoms with Crippen LogP contribution in [0.2, 0.25) is 0 Å². The van der Waals surface area contributed by atoms with Crippen LogP contribution in [0.25, 0.3) is 0 Å². The van der Waals surface area contributed by atoms with E-state index in [9.17, 15) is 4.79 Å². The van der Waals surface area contributed by atoms with Gasteiger partial charge in [0.25, 0.3) is 0 Å². The van der Waals surface area contributed by atoms with Crippen molar-refractivity contribution in [1.29, 1.82) is 0 Å². The van der Waals surface area contributed by atoms with Gasteiger partial charge in [0.2, 0.25) is 5.91 Å². The Balaban J connectivity index is 1.66. The van der Waals surface area contributed by atoms with Gasteiger partial charge in [0.05, 0.1) is 0 Å². The van der Waals surface area contributed by atoms with Gasteiger partial charge in [0.1, 0.15) is 0 Å². The number of carbonyl (C=O) groups is 1. The average Bonchev–Trinajstić information content (AvgIpc) is 2.49.